The quantitative estimate of drug-likeness (QED) is 0.789. The Morgan fingerprint density at radius 1 is 1.34 bits per heavy atom. The second kappa shape index (κ2) is 7.94. The van der Waals surface area contributed by atoms with Crippen LogP contribution < -0.4 is 10.2 Å². The van der Waals surface area contributed by atoms with E-state index in [2.05, 4.69) is 18.4 Å². The lowest BCUT2D eigenvalue weighted by Crippen LogP contribution is -2.42. The number of amides is 2. The first-order valence-corrected chi connectivity index (χ1v) is 10.3. The minimum absolute atomic E-state index is 0.0222. The molecule has 3 atom stereocenters. The van der Waals surface area contributed by atoms with Gasteiger partial charge < -0.3 is 15.0 Å². The molecule has 29 heavy (non-hydrogen) atoms. The van der Waals surface area contributed by atoms with Crippen LogP contribution in [0.2, 0.25) is 0 Å². The molecule has 1 aromatic rings. The van der Waals surface area contributed by atoms with Crippen molar-refractivity contribution in [2.75, 3.05) is 11.4 Å². The normalized spacial score (nSPS) is 23.5. The smallest absolute Gasteiger partial charge is 0.414 e. The van der Waals surface area contributed by atoms with Gasteiger partial charge in [0.1, 0.15) is 5.60 Å². The summed E-state index contributed by atoms with van der Waals surface area (Å²) in [6.45, 7) is 10.1. The van der Waals surface area contributed by atoms with Crippen molar-refractivity contribution in [2.45, 2.75) is 77.6 Å². The van der Waals surface area contributed by atoms with E-state index in [-0.39, 0.29) is 30.1 Å². The third-order valence-electron chi connectivity index (χ3n) is 5.69. The summed E-state index contributed by atoms with van der Waals surface area (Å²) in [5.41, 5.74) is 1.79. The Labute approximate surface area is 172 Å². The first-order valence-electron chi connectivity index (χ1n) is 10.3. The molecule has 156 valence electrons. The largest absolute Gasteiger partial charge is 0.443 e. The van der Waals surface area contributed by atoms with Crippen molar-refractivity contribution in [1.82, 2.24) is 10.2 Å². The first kappa shape index (κ1) is 21.0. The predicted octanol–water partition coefficient (Wildman–Crippen LogP) is 3.44. The van der Waals surface area contributed by atoms with Gasteiger partial charge in [-0.2, -0.15) is 5.26 Å². The molecule has 0 saturated carbocycles. The van der Waals surface area contributed by atoms with Crippen molar-refractivity contribution in [2.24, 2.45) is 0 Å². The van der Waals surface area contributed by atoms with E-state index in [9.17, 15) is 14.9 Å². The van der Waals surface area contributed by atoms with Gasteiger partial charge in [-0.15, -0.1) is 0 Å². The molecule has 1 N–H and O–H groups in total. The number of rotatable bonds is 3. The molecule has 3 unspecified atom stereocenters. The van der Waals surface area contributed by atoms with Gasteiger partial charge in [-0.3, -0.25) is 9.69 Å². The van der Waals surface area contributed by atoms with Crippen molar-refractivity contribution < 1.29 is 14.3 Å². The minimum Gasteiger partial charge on any atom is -0.443 e. The number of hydrogen-bond donors (Lipinski definition) is 1. The fourth-order valence-electron chi connectivity index (χ4n) is 4.15. The molecule has 1 aromatic carbocycles. The monoisotopic (exact) mass is 398 g/mol. The van der Waals surface area contributed by atoms with Crippen LogP contribution in [0, 0.1) is 11.5 Å². The van der Waals surface area contributed by atoms with Gasteiger partial charge in [0.15, 0.2) is 6.19 Å². The van der Waals surface area contributed by atoms with Crippen molar-refractivity contribution >= 4 is 17.7 Å². The highest BCUT2D eigenvalue weighted by Crippen LogP contribution is 2.31. The molecule has 2 heterocycles. The summed E-state index contributed by atoms with van der Waals surface area (Å²) in [5, 5.41) is 12.5. The highest BCUT2D eigenvalue weighted by Gasteiger charge is 2.38. The molecule has 2 aliphatic heterocycles. The minimum atomic E-state index is -0.550. The Kier molecular flexibility index (Phi) is 5.74. The SMILES string of the molecule is CCC1CC(NC(=O)c2ccc3c(c2)CCN3C(=O)OC(C)(C)C)C(C)N1C#N. The Morgan fingerprint density at radius 2 is 2.07 bits per heavy atom. The van der Waals surface area contributed by atoms with Gasteiger partial charge in [0.05, 0.1) is 17.8 Å². The average molecular weight is 399 g/mol. The van der Waals surface area contributed by atoms with E-state index in [4.69, 9.17) is 4.74 Å². The maximum atomic E-state index is 12.8. The molecule has 2 amide bonds. The Hall–Kier alpha value is -2.75. The highest BCUT2D eigenvalue weighted by molar-refractivity contribution is 5.97. The van der Waals surface area contributed by atoms with Gasteiger partial charge in [0, 0.05) is 18.2 Å². The zero-order chi connectivity index (χ0) is 21.3. The van der Waals surface area contributed by atoms with Crippen LogP contribution in [0.4, 0.5) is 10.5 Å². The summed E-state index contributed by atoms with van der Waals surface area (Å²) >= 11 is 0. The van der Waals surface area contributed by atoms with Crippen LogP contribution in [-0.4, -0.2) is 47.2 Å². The molecule has 0 spiro atoms. The number of nitrogens with zero attached hydrogens (tertiary/aromatic N) is 3. The van der Waals surface area contributed by atoms with Crippen LogP contribution >= 0.6 is 0 Å². The number of carbonyl (C=O) groups excluding carboxylic acids is 2. The molecule has 0 aliphatic carbocycles. The van der Waals surface area contributed by atoms with E-state index < -0.39 is 5.60 Å². The number of likely N-dealkylation sites (tertiary alicyclic amines) is 1. The summed E-state index contributed by atoms with van der Waals surface area (Å²) in [5.74, 6) is -0.144. The molecular weight excluding hydrogens is 368 g/mol. The maximum Gasteiger partial charge on any atom is 0.414 e. The molecule has 7 nitrogen and oxygen atoms in total. The number of ether oxygens (including phenoxy) is 1. The molecule has 0 radical (unpaired) electrons. The summed E-state index contributed by atoms with van der Waals surface area (Å²) in [7, 11) is 0. The second-order valence-corrected chi connectivity index (χ2v) is 8.85. The fraction of sp³-hybridized carbons (Fsp3) is 0.591. The molecule has 3 rings (SSSR count). The van der Waals surface area contributed by atoms with Crippen LogP contribution in [0.3, 0.4) is 0 Å². The summed E-state index contributed by atoms with van der Waals surface area (Å²) in [6, 6.07) is 5.51. The van der Waals surface area contributed by atoms with Gasteiger partial charge in [0.2, 0.25) is 0 Å². The van der Waals surface area contributed by atoms with E-state index in [0.717, 1.165) is 24.1 Å². The van der Waals surface area contributed by atoms with E-state index in [1.54, 1.807) is 15.9 Å². The molecule has 1 saturated heterocycles. The van der Waals surface area contributed by atoms with Gasteiger partial charge in [0.25, 0.3) is 5.91 Å². The van der Waals surface area contributed by atoms with Crippen molar-refractivity contribution in [1.29, 1.82) is 5.26 Å². The number of nitriles is 1. The lowest BCUT2D eigenvalue weighted by Gasteiger charge is -2.25. The fourth-order valence-corrected chi connectivity index (χ4v) is 4.15. The van der Waals surface area contributed by atoms with Crippen LogP contribution in [0.25, 0.3) is 0 Å². The standard InChI is InChI=1S/C22H30N4O3/c1-6-17-12-18(14(2)26(17)13-23)24-20(27)16-7-8-19-15(11-16)9-10-25(19)21(28)29-22(3,4)5/h7-8,11,14,17-18H,6,9-10,12H2,1-5H3,(H,24,27). The van der Waals surface area contributed by atoms with Crippen molar-refractivity contribution in [3.63, 3.8) is 0 Å². The summed E-state index contributed by atoms with van der Waals surface area (Å²) < 4.78 is 5.47. The Morgan fingerprint density at radius 3 is 2.66 bits per heavy atom. The number of benzene rings is 1. The van der Waals surface area contributed by atoms with Crippen LogP contribution in [0.15, 0.2) is 18.2 Å². The first-order chi connectivity index (χ1) is 13.6. The number of carbonyl (C=O) groups is 2. The molecule has 2 aliphatic rings. The van der Waals surface area contributed by atoms with Gasteiger partial charge in [-0.05, 0) is 70.7 Å². The van der Waals surface area contributed by atoms with Gasteiger partial charge >= 0.3 is 6.09 Å². The Balaban J connectivity index is 1.70. The molecule has 0 aromatic heterocycles. The second-order valence-electron chi connectivity index (χ2n) is 8.85. The third-order valence-corrected chi connectivity index (χ3v) is 5.69. The van der Waals surface area contributed by atoms with Crippen molar-refractivity contribution in [3.8, 4) is 6.19 Å². The van der Waals surface area contributed by atoms with E-state index >= 15 is 0 Å². The number of anilines is 1. The van der Waals surface area contributed by atoms with Crippen LogP contribution in [0.1, 0.15) is 63.4 Å². The average Bonchev–Trinajstić information content (AvgIpc) is 3.20. The lowest BCUT2D eigenvalue weighted by atomic mass is 10.0. The third kappa shape index (κ3) is 4.31. The zero-order valence-corrected chi connectivity index (χ0v) is 17.9. The zero-order valence-electron chi connectivity index (χ0n) is 17.9. The van der Waals surface area contributed by atoms with Gasteiger partial charge in [-0.1, -0.05) is 6.92 Å². The van der Waals surface area contributed by atoms with E-state index in [0.29, 0.717) is 18.5 Å². The number of fused-ring (bicyclic) bond motifs is 1. The number of hydrogen-bond acceptors (Lipinski definition) is 5. The lowest BCUT2D eigenvalue weighted by molar-refractivity contribution is 0.0584. The van der Waals surface area contributed by atoms with Crippen molar-refractivity contribution in [3.05, 3.63) is 29.3 Å². The van der Waals surface area contributed by atoms with Crippen LogP contribution in [-0.2, 0) is 11.2 Å². The summed E-state index contributed by atoms with van der Waals surface area (Å²) in [6.07, 6.45) is 4.23. The molecular formula is C22H30N4O3. The van der Waals surface area contributed by atoms with Gasteiger partial charge in [-0.25, -0.2) is 4.79 Å². The molecule has 0 bridgehead atoms. The molecule has 7 heteroatoms. The predicted molar refractivity (Wildman–Crippen MR) is 111 cm³/mol. The topological polar surface area (TPSA) is 85.7 Å². The number of nitrogens with one attached hydrogen (secondary N) is 1. The molecule has 1 fully saturated rings. The van der Waals surface area contributed by atoms with Crippen LogP contribution in [0.5, 0.6) is 0 Å². The van der Waals surface area contributed by atoms with E-state index in [1.807, 2.05) is 39.8 Å². The summed E-state index contributed by atoms with van der Waals surface area (Å²) in [4.78, 5) is 28.6. The highest BCUT2D eigenvalue weighted by atomic mass is 16.6. The maximum absolute atomic E-state index is 12.8. The van der Waals surface area contributed by atoms with E-state index in [1.165, 1.54) is 0 Å². The Bertz CT molecular complexity index is 839.